The number of para-hydroxylation sites is 1. The molecule has 1 aromatic carbocycles. The molecule has 0 aliphatic rings. The van der Waals surface area contributed by atoms with Gasteiger partial charge in [-0.05, 0) is 18.6 Å². The van der Waals surface area contributed by atoms with Crippen LogP contribution in [0.3, 0.4) is 0 Å². The van der Waals surface area contributed by atoms with Crippen LogP contribution < -0.4 is 34.7 Å². The summed E-state index contributed by atoms with van der Waals surface area (Å²) in [5.41, 5.74) is 0.936. The zero-order chi connectivity index (χ0) is 9.97. The summed E-state index contributed by atoms with van der Waals surface area (Å²) >= 11 is 1.54. The van der Waals surface area contributed by atoms with E-state index in [4.69, 9.17) is 0 Å². The molecule has 72 valence electrons. The molecule has 0 bridgehead atoms. The van der Waals surface area contributed by atoms with Crippen molar-refractivity contribution in [2.75, 3.05) is 0 Å². The van der Waals surface area contributed by atoms with E-state index in [0.717, 1.165) is 15.2 Å². The maximum Gasteiger partial charge on any atom is 1.00 e. The van der Waals surface area contributed by atoms with Crippen LogP contribution in [-0.2, 0) is 11.2 Å². The normalized spacial score (nSPS) is 9.87. The van der Waals surface area contributed by atoms with Gasteiger partial charge in [-0.25, -0.2) is 4.98 Å². The molecule has 1 heterocycles. The van der Waals surface area contributed by atoms with Gasteiger partial charge in [0.15, 0.2) is 0 Å². The van der Waals surface area contributed by atoms with Crippen LogP contribution in [0.2, 0.25) is 0 Å². The molecule has 0 aliphatic carbocycles. The van der Waals surface area contributed by atoms with Gasteiger partial charge in [-0.15, -0.1) is 11.3 Å². The van der Waals surface area contributed by atoms with E-state index in [1.165, 1.54) is 11.3 Å². The van der Waals surface area contributed by atoms with E-state index in [9.17, 15) is 9.90 Å². The molecule has 0 radical (unpaired) electrons. The minimum absolute atomic E-state index is 0. The molecule has 1 aromatic heterocycles. The summed E-state index contributed by atoms with van der Waals surface area (Å²) in [7, 11) is 0. The Bertz CT molecular complexity index is 436. The number of rotatable bonds is 3. The molecule has 3 nitrogen and oxygen atoms in total. The Balaban J connectivity index is 0.00000112. The van der Waals surface area contributed by atoms with E-state index < -0.39 is 5.97 Å². The summed E-state index contributed by atoms with van der Waals surface area (Å²) in [6, 6.07) is 7.78. The monoisotopic (exact) mass is 229 g/mol. The van der Waals surface area contributed by atoms with Crippen molar-refractivity contribution in [2.45, 2.75) is 12.8 Å². The summed E-state index contributed by atoms with van der Waals surface area (Å²) in [6.45, 7) is 0. The van der Waals surface area contributed by atoms with Gasteiger partial charge in [0.25, 0.3) is 0 Å². The van der Waals surface area contributed by atoms with Crippen LogP contribution in [0.15, 0.2) is 24.3 Å². The second-order valence-electron chi connectivity index (χ2n) is 2.95. The smallest absolute Gasteiger partial charge is 0.550 e. The third kappa shape index (κ3) is 3.28. The van der Waals surface area contributed by atoms with Gasteiger partial charge >= 0.3 is 29.6 Å². The van der Waals surface area contributed by atoms with Gasteiger partial charge < -0.3 is 9.90 Å². The van der Waals surface area contributed by atoms with Crippen LogP contribution in [0.25, 0.3) is 10.2 Å². The molecule has 0 aliphatic heterocycles. The van der Waals surface area contributed by atoms with Crippen molar-refractivity contribution in [3.8, 4) is 0 Å². The molecule has 2 rings (SSSR count). The van der Waals surface area contributed by atoms with Crippen LogP contribution in [-0.4, -0.2) is 11.0 Å². The van der Waals surface area contributed by atoms with Gasteiger partial charge in [-0.1, -0.05) is 12.1 Å². The number of hydrogen-bond acceptors (Lipinski definition) is 4. The summed E-state index contributed by atoms with van der Waals surface area (Å²) in [4.78, 5) is 14.6. The molecule has 0 atom stereocenters. The molecule has 0 unspecified atom stereocenters. The second-order valence-corrected chi connectivity index (χ2v) is 4.06. The van der Waals surface area contributed by atoms with E-state index in [0.29, 0.717) is 6.42 Å². The Morgan fingerprint density at radius 1 is 1.40 bits per heavy atom. The molecule has 2 aromatic rings. The zero-order valence-corrected chi connectivity index (χ0v) is 11.2. The van der Waals surface area contributed by atoms with Gasteiger partial charge in [0.05, 0.1) is 15.2 Å². The number of aryl methyl sites for hydroxylation is 1. The first-order valence-corrected chi connectivity index (χ1v) is 5.11. The quantitative estimate of drug-likeness (QED) is 0.571. The molecule has 0 N–H and O–H groups in total. The van der Waals surface area contributed by atoms with Crippen molar-refractivity contribution in [3.05, 3.63) is 29.3 Å². The number of aromatic nitrogens is 1. The van der Waals surface area contributed by atoms with Crippen molar-refractivity contribution in [1.29, 1.82) is 0 Å². The van der Waals surface area contributed by atoms with Gasteiger partial charge in [-0.2, -0.15) is 0 Å². The molecular formula is C10H8NNaO2S. The van der Waals surface area contributed by atoms with Gasteiger partial charge in [0.1, 0.15) is 0 Å². The van der Waals surface area contributed by atoms with Gasteiger partial charge in [0.2, 0.25) is 0 Å². The van der Waals surface area contributed by atoms with E-state index >= 15 is 0 Å². The molecule has 0 saturated carbocycles. The van der Waals surface area contributed by atoms with E-state index in [2.05, 4.69) is 4.98 Å². The van der Waals surface area contributed by atoms with Crippen LogP contribution in [0.5, 0.6) is 0 Å². The molecule has 0 amide bonds. The van der Waals surface area contributed by atoms with E-state index in [1.54, 1.807) is 0 Å². The maximum absolute atomic E-state index is 10.3. The number of carboxylic acid groups (broad SMARTS) is 1. The fourth-order valence-corrected chi connectivity index (χ4v) is 2.20. The average molecular weight is 229 g/mol. The number of fused-ring (bicyclic) bond motifs is 1. The molecule has 5 heteroatoms. The molecule has 15 heavy (non-hydrogen) atoms. The van der Waals surface area contributed by atoms with Crippen molar-refractivity contribution >= 4 is 27.5 Å². The zero-order valence-electron chi connectivity index (χ0n) is 8.40. The largest absolute Gasteiger partial charge is 1.00 e. The predicted octanol–water partition coefficient (Wildman–Crippen LogP) is -2.02. The fourth-order valence-electron chi connectivity index (χ4n) is 1.24. The number of nitrogens with zero attached hydrogens (tertiary/aromatic N) is 1. The number of thiazole rings is 1. The number of carbonyl (C=O) groups excluding carboxylic acids is 1. The maximum atomic E-state index is 10.3. The number of carboxylic acids is 1. The Morgan fingerprint density at radius 2 is 2.13 bits per heavy atom. The number of carbonyl (C=O) groups is 1. The molecule has 0 spiro atoms. The predicted molar refractivity (Wildman–Crippen MR) is 52.9 cm³/mol. The van der Waals surface area contributed by atoms with Crippen molar-refractivity contribution in [2.24, 2.45) is 0 Å². The number of aliphatic carboxylic acids is 1. The number of hydrogen-bond donors (Lipinski definition) is 0. The standard InChI is InChI=1S/C10H9NO2S.Na/c12-10(13)6-5-9-11-7-3-1-2-4-8(7)14-9;/h1-4H,5-6H2,(H,12,13);/q;+1/p-1. The summed E-state index contributed by atoms with van der Waals surface area (Å²) in [6.07, 6.45) is 0.501. The average Bonchev–Trinajstić information content (AvgIpc) is 2.57. The summed E-state index contributed by atoms with van der Waals surface area (Å²) in [5.74, 6) is -1.02. The minimum atomic E-state index is -1.02. The number of benzene rings is 1. The Hall–Kier alpha value is -0.420. The molecule has 0 saturated heterocycles. The van der Waals surface area contributed by atoms with Crippen molar-refractivity contribution in [3.63, 3.8) is 0 Å². The fraction of sp³-hybridized carbons (Fsp3) is 0.200. The van der Waals surface area contributed by atoms with Crippen LogP contribution in [0, 0.1) is 0 Å². The molecule has 0 fully saturated rings. The molecular weight excluding hydrogens is 221 g/mol. The third-order valence-electron chi connectivity index (χ3n) is 1.88. The Labute approximate surface area is 113 Å². The minimum Gasteiger partial charge on any atom is -0.550 e. The van der Waals surface area contributed by atoms with Gasteiger partial charge in [0, 0.05) is 12.4 Å². The van der Waals surface area contributed by atoms with Crippen molar-refractivity contribution < 1.29 is 39.5 Å². The van der Waals surface area contributed by atoms with Crippen LogP contribution in [0.4, 0.5) is 0 Å². The van der Waals surface area contributed by atoms with E-state index in [1.807, 2.05) is 24.3 Å². The first-order chi connectivity index (χ1) is 6.75. The first-order valence-electron chi connectivity index (χ1n) is 4.30. The second kappa shape index (κ2) is 5.61. The SMILES string of the molecule is O=C([O-])CCc1nc2ccccc2s1.[Na+]. The third-order valence-corrected chi connectivity index (χ3v) is 2.98. The summed E-state index contributed by atoms with van der Waals surface area (Å²) < 4.78 is 1.10. The van der Waals surface area contributed by atoms with Crippen molar-refractivity contribution in [1.82, 2.24) is 4.98 Å². The summed E-state index contributed by atoms with van der Waals surface area (Å²) in [5, 5.41) is 11.1. The van der Waals surface area contributed by atoms with Crippen LogP contribution >= 0.6 is 11.3 Å². The van der Waals surface area contributed by atoms with Gasteiger partial charge in [-0.3, -0.25) is 0 Å². The van der Waals surface area contributed by atoms with Crippen LogP contribution in [0.1, 0.15) is 11.4 Å². The first kappa shape index (κ1) is 12.6. The van der Waals surface area contributed by atoms with E-state index in [-0.39, 0.29) is 36.0 Å². The Morgan fingerprint density at radius 3 is 2.80 bits per heavy atom. The Kier molecular flexibility index (Phi) is 4.73. The topological polar surface area (TPSA) is 53.0 Å².